The van der Waals surface area contributed by atoms with E-state index in [1.54, 1.807) is 20.4 Å². The van der Waals surface area contributed by atoms with Gasteiger partial charge in [0.05, 0.1) is 31.6 Å². The Hall–Kier alpha value is -3.08. The average molecular weight is 321 g/mol. The molecule has 1 N–H and O–H groups in total. The van der Waals surface area contributed by atoms with Crippen LogP contribution in [0, 0.1) is 6.92 Å². The highest BCUT2D eigenvalue weighted by atomic mass is 16.5. The topological polar surface area (TPSA) is 55.7 Å². The number of benzene rings is 2. The van der Waals surface area contributed by atoms with Crippen molar-refractivity contribution in [2.24, 2.45) is 5.10 Å². The van der Waals surface area contributed by atoms with E-state index in [0.29, 0.717) is 0 Å². The number of aryl methyl sites for hydroxylation is 1. The lowest BCUT2D eigenvalue weighted by molar-refractivity contribution is 0.414. The molecule has 122 valence electrons. The maximum Gasteiger partial charge on any atom is 0.119 e. The number of nitrogens with zero attached hydrogens (tertiary/aromatic N) is 2. The fourth-order valence-electron chi connectivity index (χ4n) is 2.45. The first-order valence-electron chi connectivity index (χ1n) is 7.58. The standard InChI is InChI=1S/C19H19N3O2/c1-13-9-19(17-11-16(24-3)7-8-18(17)21-13)22-20-12-14-5-4-6-15(10-14)23-2/h4-12H,1-3H3,(H,21,22). The van der Waals surface area contributed by atoms with E-state index in [2.05, 4.69) is 15.5 Å². The Morgan fingerprint density at radius 3 is 2.58 bits per heavy atom. The minimum Gasteiger partial charge on any atom is -0.497 e. The van der Waals surface area contributed by atoms with Crippen LogP contribution in [0.15, 0.2) is 53.6 Å². The Kier molecular flexibility index (Phi) is 4.61. The number of aromatic nitrogens is 1. The molecule has 2 aromatic carbocycles. The number of ether oxygens (including phenoxy) is 2. The Labute approximate surface area is 140 Å². The SMILES string of the molecule is COc1cccc(C=NNc2cc(C)nc3ccc(OC)cc23)c1. The van der Waals surface area contributed by atoms with Crippen LogP contribution in [-0.2, 0) is 0 Å². The Morgan fingerprint density at radius 1 is 1.00 bits per heavy atom. The molecule has 0 aliphatic heterocycles. The van der Waals surface area contributed by atoms with E-state index in [0.717, 1.165) is 39.3 Å². The summed E-state index contributed by atoms with van der Waals surface area (Å²) >= 11 is 0. The fraction of sp³-hybridized carbons (Fsp3) is 0.158. The van der Waals surface area contributed by atoms with Gasteiger partial charge in [0.2, 0.25) is 0 Å². The minimum atomic E-state index is 0.785. The molecular weight excluding hydrogens is 302 g/mol. The highest BCUT2D eigenvalue weighted by Crippen LogP contribution is 2.27. The number of fused-ring (bicyclic) bond motifs is 1. The minimum absolute atomic E-state index is 0.785. The van der Waals surface area contributed by atoms with Crippen molar-refractivity contribution in [3.05, 3.63) is 59.8 Å². The van der Waals surface area contributed by atoms with Crippen LogP contribution in [0.1, 0.15) is 11.3 Å². The van der Waals surface area contributed by atoms with Crippen molar-refractivity contribution < 1.29 is 9.47 Å². The van der Waals surface area contributed by atoms with Gasteiger partial charge in [-0.3, -0.25) is 10.4 Å². The van der Waals surface area contributed by atoms with Gasteiger partial charge in [0.15, 0.2) is 0 Å². The summed E-state index contributed by atoms with van der Waals surface area (Å²) in [6, 6.07) is 15.5. The van der Waals surface area contributed by atoms with Gasteiger partial charge >= 0.3 is 0 Å². The van der Waals surface area contributed by atoms with Crippen molar-refractivity contribution in [2.75, 3.05) is 19.6 Å². The zero-order valence-corrected chi connectivity index (χ0v) is 13.9. The summed E-state index contributed by atoms with van der Waals surface area (Å²) in [6.45, 7) is 1.96. The van der Waals surface area contributed by atoms with E-state index in [4.69, 9.17) is 9.47 Å². The molecule has 0 saturated heterocycles. The number of pyridine rings is 1. The van der Waals surface area contributed by atoms with Gasteiger partial charge in [0, 0.05) is 11.1 Å². The van der Waals surface area contributed by atoms with Gasteiger partial charge in [0.25, 0.3) is 0 Å². The van der Waals surface area contributed by atoms with Gasteiger partial charge in [0.1, 0.15) is 11.5 Å². The van der Waals surface area contributed by atoms with E-state index >= 15 is 0 Å². The molecule has 0 spiro atoms. The average Bonchev–Trinajstić information content (AvgIpc) is 2.61. The van der Waals surface area contributed by atoms with E-state index in [-0.39, 0.29) is 0 Å². The second-order valence-corrected chi connectivity index (χ2v) is 5.34. The molecule has 0 aliphatic rings. The van der Waals surface area contributed by atoms with E-state index in [9.17, 15) is 0 Å². The van der Waals surface area contributed by atoms with Crippen LogP contribution in [0.25, 0.3) is 10.9 Å². The zero-order valence-electron chi connectivity index (χ0n) is 13.9. The first-order valence-corrected chi connectivity index (χ1v) is 7.58. The summed E-state index contributed by atoms with van der Waals surface area (Å²) in [4.78, 5) is 4.54. The molecular formula is C19H19N3O2. The monoisotopic (exact) mass is 321 g/mol. The predicted molar refractivity (Wildman–Crippen MR) is 97.2 cm³/mol. The summed E-state index contributed by atoms with van der Waals surface area (Å²) in [5, 5.41) is 5.30. The maximum atomic E-state index is 5.30. The first kappa shape index (κ1) is 15.8. The third-order valence-corrected chi connectivity index (χ3v) is 3.64. The zero-order chi connectivity index (χ0) is 16.9. The van der Waals surface area contributed by atoms with Gasteiger partial charge in [-0.25, -0.2) is 0 Å². The van der Waals surface area contributed by atoms with E-state index < -0.39 is 0 Å². The van der Waals surface area contributed by atoms with Gasteiger partial charge in [-0.15, -0.1) is 0 Å². The Bertz CT molecular complexity index is 891. The second-order valence-electron chi connectivity index (χ2n) is 5.34. The lowest BCUT2D eigenvalue weighted by Gasteiger charge is -2.09. The molecule has 0 radical (unpaired) electrons. The molecule has 0 fully saturated rings. The van der Waals surface area contributed by atoms with Gasteiger partial charge < -0.3 is 9.47 Å². The van der Waals surface area contributed by atoms with Crippen molar-refractivity contribution in [3.63, 3.8) is 0 Å². The molecule has 0 atom stereocenters. The Morgan fingerprint density at radius 2 is 1.79 bits per heavy atom. The summed E-state index contributed by atoms with van der Waals surface area (Å²) in [5.74, 6) is 1.59. The van der Waals surface area contributed by atoms with Crippen molar-refractivity contribution in [3.8, 4) is 11.5 Å². The van der Waals surface area contributed by atoms with Crippen LogP contribution in [0.3, 0.4) is 0 Å². The van der Waals surface area contributed by atoms with Crippen LogP contribution in [0.5, 0.6) is 11.5 Å². The van der Waals surface area contributed by atoms with Gasteiger partial charge in [-0.1, -0.05) is 12.1 Å². The van der Waals surface area contributed by atoms with Crippen molar-refractivity contribution in [1.29, 1.82) is 0 Å². The smallest absolute Gasteiger partial charge is 0.119 e. The second kappa shape index (κ2) is 7.00. The molecule has 3 rings (SSSR count). The van der Waals surface area contributed by atoms with Crippen molar-refractivity contribution in [2.45, 2.75) is 6.92 Å². The summed E-state index contributed by atoms with van der Waals surface area (Å²) in [6.07, 6.45) is 1.75. The highest BCUT2D eigenvalue weighted by Gasteiger charge is 2.05. The van der Waals surface area contributed by atoms with Crippen LogP contribution >= 0.6 is 0 Å². The number of nitrogens with one attached hydrogen (secondary N) is 1. The largest absolute Gasteiger partial charge is 0.497 e. The lowest BCUT2D eigenvalue weighted by atomic mass is 10.1. The third-order valence-electron chi connectivity index (χ3n) is 3.64. The van der Waals surface area contributed by atoms with Crippen LogP contribution < -0.4 is 14.9 Å². The first-order chi connectivity index (χ1) is 11.7. The van der Waals surface area contributed by atoms with E-state index in [1.807, 2.05) is 55.5 Å². The number of hydrogen-bond acceptors (Lipinski definition) is 5. The number of rotatable bonds is 5. The van der Waals surface area contributed by atoms with Crippen LogP contribution in [-0.4, -0.2) is 25.4 Å². The quantitative estimate of drug-likeness (QED) is 0.570. The molecule has 5 nitrogen and oxygen atoms in total. The highest BCUT2D eigenvalue weighted by molar-refractivity contribution is 5.93. The van der Waals surface area contributed by atoms with Crippen LogP contribution in [0.4, 0.5) is 5.69 Å². The molecule has 0 amide bonds. The summed E-state index contributed by atoms with van der Waals surface area (Å²) in [7, 11) is 3.30. The third kappa shape index (κ3) is 3.46. The molecule has 0 bridgehead atoms. The lowest BCUT2D eigenvalue weighted by Crippen LogP contribution is -1.95. The summed E-state index contributed by atoms with van der Waals surface area (Å²) < 4.78 is 10.5. The molecule has 1 aromatic heterocycles. The predicted octanol–water partition coefficient (Wildman–Crippen LogP) is 4.01. The molecule has 1 heterocycles. The van der Waals surface area contributed by atoms with E-state index in [1.165, 1.54) is 0 Å². The number of hydrogen-bond donors (Lipinski definition) is 1. The number of methoxy groups -OCH3 is 2. The summed E-state index contributed by atoms with van der Waals surface area (Å²) in [5.41, 5.74) is 6.76. The number of anilines is 1. The van der Waals surface area contributed by atoms with Crippen molar-refractivity contribution >= 4 is 22.8 Å². The van der Waals surface area contributed by atoms with Gasteiger partial charge in [-0.05, 0) is 48.9 Å². The molecule has 5 heteroatoms. The van der Waals surface area contributed by atoms with Gasteiger partial charge in [-0.2, -0.15) is 5.10 Å². The van der Waals surface area contributed by atoms with Crippen LogP contribution in [0.2, 0.25) is 0 Å². The molecule has 0 saturated carbocycles. The maximum absolute atomic E-state index is 5.30. The molecule has 0 unspecified atom stereocenters. The molecule has 3 aromatic rings. The molecule has 0 aliphatic carbocycles. The van der Waals surface area contributed by atoms with Crippen molar-refractivity contribution in [1.82, 2.24) is 4.98 Å². The number of hydrazone groups is 1. The fourth-order valence-corrected chi connectivity index (χ4v) is 2.45. The normalized spacial score (nSPS) is 11.0. The molecule has 24 heavy (non-hydrogen) atoms. The Balaban J connectivity index is 1.89.